The normalized spacial score (nSPS) is 15.2. The summed E-state index contributed by atoms with van der Waals surface area (Å²) >= 11 is 0. The molecule has 2 unspecified atom stereocenters. The summed E-state index contributed by atoms with van der Waals surface area (Å²) in [6.07, 6.45) is -0.699. The highest BCUT2D eigenvalue weighted by atomic mass is 16.5. The van der Waals surface area contributed by atoms with E-state index in [4.69, 9.17) is 10.3 Å². The Bertz CT molecular complexity index is 287. The van der Waals surface area contributed by atoms with E-state index in [9.17, 15) is 5.11 Å². The van der Waals surface area contributed by atoms with Crippen LogP contribution in [-0.4, -0.2) is 34.9 Å². The number of aliphatic hydroxyl groups is 1. The topological polar surface area (TPSA) is 88.4 Å². The maximum atomic E-state index is 9.21. The van der Waals surface area contributed by atoms with Crippen molar-refractivity contribution in [2.75, 3.05) is 18.5 Å². The van der Waals surface area contributed by atoms with Crippen LogP contribution in [0.5, 0.6) is 0 Å². The number of nitrogens with two attached hydrogens (primary N) is 1. The van der Waals surface area contributed by atoms with Gasteiger partial charge in [-0.05, 0) is 19.0 Å². The van der Waals surface area contributed by atoms with E-state index in [0.717, 1.165) is 6.54 Å². The van der Waals surface area contributed by atoms with E-state index < -0.39 is 12.1 Å². The van der Waals surface area contributed by atoms with E-state index in [1.165, 1.54) is 0 Å². The van der Waals surface area contributed by atoms with Crippen LogP contribution in [0.1, 0.15) is 25.8 Å². The quantitative estimate of drug-likeness (QED) is 0.706. The Hall–Kier alpha value is -1.14. The molecule has 6 nitrogen and oxygen atoms in total. The molecule has 0 aliphatic heterocycles. The molecule has 0 aliphatic carbocycles. The van der Waals surface area contributed by atoms with Crippen molar-refractivity contribution in [3.8, 4) is 0 Å². The van der Waals surface area contributed by atoms with Gasteiger partial charge in [0.15, 0.2) is 0 Å². The van der Waals surface area contributed by atoms with E-state index in [1.54, 1.807) is 6.92 Å². The molecule has 0 bridgehead atoms. The van der Waals surface area contributed by atoms with E-state index >= 15 is 0 Å². The first-order chi connectivity index (χ1) is 6.56. The molecule has 0 fully saturated rings. The van der Waals surface area contributed by atoms with Crippen LogP contribution < -0.4 is 10.6 Å². The summed E-state index contributed by atoms with van der Waals surface area (Å²) in [6, 6.07) is -0.624. The second-order valence-corrected chi connectivity index (χ2v) is 3.21. The van der Waals surface area contributed by atoms with Gasteiger partial charge in [-0.25, -0.2) is 0 Å². The summed E-state index contributed by atoms with van der Waals surface area (Å²) in [6.45, 7) is 4.34. The molecule has 1 aromatic rings. The van der Waals surface area contributed by atoms with Crippen molar-refractivity contribution in [3.05, 3.63) is 5.89 Å². The Balaban J connectivity index is 2.77. The number of aliphatic hydroxyl groups excluding tert-OH is 1. The summed E-state index contributed by atoms with van der Waals surface area (Å²) in [5.74, 6) is 0.744. The minimum absolute atomic E-state index is 0.260. The fourth-order valence-corrected chi connectivity index (χ4v) is 0.865. The lowest BCUT2D eigenvalue weighted by Crippen LogP contribution is -2.24. The van der Waals surface area contributed by atoms with Crippen molar-refractivity contribution in [3.63, 3.8) is 0 Å². The van der Waals surface area contributed by atoms with E-state index in [1.807, 2.05) is 18.9 Å². The van der Waals surface area contributed by atoms with Crippen molar-refractivity contribution in [1.82, 2.24) is 10.1 Å². The fourth-order valence-electron chi connectivity index (χ4n) is 0.865. The molecular formula is C8H16N4O2. The number of aromatic nitrogens is 2. The molecule has 0 spiro atoms. The third kappa shape index (κ3) is 2.21. The minimum Gasteiger partial charge on any atom is -0.391 e. The van der Waals surface area contributed by atoms with E-state index in [-0.39, 0.29) is 5.89 Å². The molecule has 80 valence electrons. The third-order valence-electron chi connectivity index (χ3n) is 2.05. The SMILES string of the molecule is CCN(C)c1noc(C(N)C(C)O)n1. The van der Waals surface area contributed by atoms with Crippen molar-refractivity contribution in [2.45, 2.75) is 26.0 Å². The molecule has 0 aromatic carbocycles. The van der Waals surface area contributed by atoms with E-state index in [0.29, 0.717) is 5.95 Å². The Morgan fingerprint density at radius 3 is 2.79 bits per heavy atom. The smallest absolute Gasteiger partial charge is 0.265 e. The van der Waals surface area contributed by atoms with Gasteiger partial charge in [0.25, 0.3) is 5.95 Å². The van der Waals surface area contributed by atoms with Crippen LogP contribution in [0.4, 0.5) is 5.95 Å². The van der Waals surface area contributed by atoms with Gasteiger partial charge in [-0.2, -0.15) is 4.98 Å². The molecule has 0 radical (unpaired) electrons. The number of hydrogen-bond acceptors (Lipinski definition) is 6. The fraction of sp³-hybridized carbons (Fsp3) is 0.750. The first kappa shape index (κ1) is 10.9. The second kappa shape index (κ2) is 4.39. The lowest BCUT2D eigenvalue weighted by molar-refractivity contribution is 0.146. The Kier molecular flexibility index (Phi) is 3.43. The van der Waals surface area contributed by atoms with Gasteiger partial charge < -0.3 is 20.3 Å². The summed E-state index contributed by atoms with van der Waals surface area (Å²) in [5, 5.41) is 13.0. The first-order valence-electron chi connectivity index (χ1n) is 4.54. The Labute approximate surface area is 82.7 Å². The molecule has 2 atom stereocenters. The van der Waals surface area contributed by atoms with Crippen LogP contribution in [0, 0.1) is 0 Å². The average molecular weight is 200 g/mol. The predicted octanol–water partition coefficient (Wildman–Crippen LogP) is -0.0937. The molecule has 3 N–H and O–H groups in total. The third-order valence-corrected chi connectivity index (χ3v) is 2.05. The van der Waals surface area contributed by atoms with Gasteiger partial charge in [-0.3, -0.25) is 0 Å². The predicted molar refractivity (Wildman–Crippen MR) is 51.9 cm³/mol. The van der Waals surface area contributed by atoms with Crippen LogP contribution in [-0.2, 0) is 0 Å². The molecule has 6 heteroatoms. The molecule has 0 saturated heterocycles. The molecule has 1 aromatic heterocycles. The van der Waals surface area contributed by atoms with Gasteiger partial charge in [0.2, 0.25) is 5.89 Å². The zero-order chi connectivity index (χ0) is 10.7. The maximum absolute atomic E-state index is 9.21. The zero-order valence-corrected chi connectivity index (χ0v) is 8.64. The van der Waals surface area contributed by atoms with Gasteiger partial charge in [-0.1, -0.05) is 0 Å². The lowest BCUT2D eigenvalue weighted by atomic mass is 10.2. The molecule has 1 rings (SSSR count). The van der Waals surface area contributed by atoms with Crippen molar-refractivity contribution < 1.29 is 9.63 Å². The molecule has 0 aliphatic rings. The van der Waals surface area contributed by atoms with Gasteiger partial charge in [-0.15, -0.1) is 0 Å². The summed E-state index contributed by atoms with van der Waals surface area (Å²) in [4.78, 5) is 5.89. The number of rotatable bonds is 4. The van der Waals surface area contributed by atoms with Crippen LogP contribution in [0.15, 0.2) is 4.52 Å². The molecule has 0 amide bonds. The summed E-state index contributed by atoms with van der Waals surface area (Å²) in [5.41, 5.74) is 5.63. The highest BCUT2D eigenvalue weighted by molar-refractivity contribution is 5.25. The lowest BCUT2D eigenvalue weighted by Gasteiger charge is -2.10. The highest BCUT2D eigenvalue weighted by Crippen LogP contribution is 2.14. The summed E-state index contributed by atoms with van der Waals surface area (Å²) in [7, 11) is 1.85. The molecule has 1 heterocycles. The van der Waals surface area contributed by atoms with Crippen molar-refractivity contribution >= 4 is 5.95 Å². The Morgan fingerprint density at radius 1 is 1.64 bits per heavy atom. The first-order valence-corrected chi connectivity index (χ1v) is 4.54. The van der Waals surface area contributed by atoms with Crippen LogP contribution in [0.2, 0.25) is 0 Å². The number of hydrogen-bond donors (Lipinski definition) is 2. The number of nitrogens with zero attached hydrogens (tertiary/aromatic N) is 3. The molecular weight excluding hydrogens is 184 g/mol. The molecule has 0 saturated carbocycles. The summed E-state index contributed by atoms with van der Waals surface area (Å²) < 4.78 is 4.92. The maximum Gasteiger partial charge on any atom is 0.265 e. The highest BCUT2D eigenvalue weighted by Gasteiger charge is 2.20. The molecule has 14 heavy (non-hydrogen) atoms. The largest absolute Gasteiger partial charge is 0.391 e. The van der Waals surface area contributed by atoms with Gasteiger partial charge >= 0.3 is 0 Å². The number of anilines is 1. The minimum atomic E-state index is -0.699. The van der Waals surface area contributed by atoms with Gasteiger partial charge in [0.1, 0.15) is 6.04 Å². The zero-order valence-electron chi connectivity index (χ0n) is 8.64. The van der Waals surface area contributed by atoms with Crippen molar-refractivity contribution in [2.24, 2.45) is 5.73 Å². The van der Waals surface area contributed by atoms with Gasteiger partial charge in [0.05, 0.1) is 6.10 Å². The van der Waals surface area contributed by atoms with Crippen molar-refractivity contribution in [1.29, 1.82) is 0 Å². The van der Waals surface area contributed by atoms with Crippen LogP contribution in [0.3, 0.4) is 0 Å². The standard InChI is InChI=1S/C8H16N4O2/c1-4-12(3)8-10-7(14-11-8)6(9)5(2)13/h5-6,13H,4,9H2,1-3H3. The van der Waals surface area contributed by atoms with E-state index in [2.05, 4.69) is 10.1 Å². The second-order valence-electron chi connectivity index (χ2n) is 3.21. The van der Waals surface area contributed by atoms with Gasteiger partial charge in [0, 0.05) is 13.6 Å². The van der Waals surface area contributed by atoms with Crippen LogP contribution >= 0.6 is 0 Å². The average Bonchev–Trinajstić information content (AvgIpc) is 2.64. The Morgan fingerprint density at radius 2 is 2.29 bits per heavy atom. The monoisotopic (exact) mass is 200 g/mol. The van der Waals surface area contributed by atoms with Crippen LogP contribution in [0.25, 0.3) is 0 Å².